The number of hydrogen-bond donors (Lipinski definition) is 3. The van der Waals surface area contributed by atoms with Crippen LogP contribution in [0.5, 0.6) is 11.5 Å². The van der Waals surface area contributed by atoms with Gasteiger partial charge in [-0.2, -0.15) is 0 Å². The summed E-state index contributed by atoms with van der Waals surface area (Å²) in [5.41, 5.74) is 0.00265. The number of carboxylic acid groups (broad SMARTS) is 1. The minimum atomic E-state index is -1.12. The van der Waals surface area contributed by atoms with E-state index in [1.807, 2.05) is 24.3 Å². The maximum absolute atomic E-state index is 11.3. The molecular formula is C17H10O4S. The van der Waals surface area contributed by atoms with Crippen molar-refractivity contribution in [3.63, 3.8) is 0 Å². The molecule has 1 aromatic heterocycles. The number of carbonyl (C=O) groups is 1. The molecule has 0 amide bonds. The van der Waals surface area contributed by atoms with Crippen LogP contribution in [0.4, 0.5) is 0 Å². The topological polar surface area (TPSA) is 77.8 Å². The van der Waals surface area contributed by atoms with Crippen molar-refractivity contribution < 1.29 is 20.1 Å². The summed E-state index contributed by atoms with van der Waals surface area (Å²) in [6, 6.07) is 11.2. The highest BCUT2D eigenvalue weighted by Gasteiger charge is 2.21. The molecule has 0 saturated heterocycles. The lowest BCUT2D eigenvalue weighted by Crippen LogP contribution is -1.94. The van der Waals surface area contributed by atoms with Crippen molar-refractivity contribution in [2.45, 2.75) is 0 Å². The molecule has 0 saturated carbocycles. The maximum Gasteiger partial charge on any atom is 0.337 e. The molecule has 3 aromatic carbocycles. The number of carboxylic acids is 1. The summed E-state index contributed by atoms with van der Waals surface area (Å²) in [6.45, 7) is 0. The van der Waals surface area contributed by atoms with Gasteiger partial charge in [0.15, 0.2) is 0 Å². The first-order chi connectivity index (χ1) is 10.6. The van der Waals surface area contributed by atoms with E-state index in [4.69, 9.17) is 0 Å². The van der Waals surface area contributed by atoms with E-state index < -0.39 is 5.97 Å². The van der Waals surface area contributed by atoms with E-state index in [0.717, 1.165) is 22.1 Å². The van der Waals surface area contributed by atoms with E-state index in [0.29, 0.717) is 15.5 Å². The number of phenolic OH excluding ortho intramolecular Hbond substituents is 2. The number of rotatable bonds is 1. The first kappa shape index (κ1) is 12.9. The van der Waals surface area contributed by atoms with Crippen molar-refractivity contribution in [1.82, 2.24) is 0 Å². The molecule has 4 rings (SSSR count). The SMILES string of the molecule is O=C(O)c1csc2c(O)c3cc4ccccc4cc3c(O)c12. The largest absolute Gasteiger partial charge is 0.507 e. The number of benzene rings is 3. The molecule has 1 heterocycles. The van der Waals surface area contributed by atoms with Gasteiger partial charge in [0, 0.05) is 16.2 Å². The average molecular weight is 310 g/mol. The first-order valence-corrected chi connectivity index (χ1v) is 7.47. The lowest BCUT2D eigenvalue weighted by atomic mass is 9.99. The molecule has 0 spiro atoms. The number of fused-ring (bicyclic) bond motifs is 3. The Morgan fingerprint density at radius 3 is 2.14 bits per heavy atom. The molecule has 0 bridgehead atoms. The van der Waals surface area contributed by atoms with Gasteiger partial charge in [-0.15, -0.1) is 11.3 Å². The van der Waals surface area contributed by atoms with Crippen molar-refractivity contribution >= 4 is 48.9 Å². The Morgan fingerprint density at radius 2 is 1.55 bits per heavy atom. The van der Waals surface area contributed by atoms with Crippen LogP contribution < -0.4 is 0 Å². The molecule has 0 fully saturated rings. The molecule has 108 valence electrons. The van der Waals surface area contributed by atoms with Gasteiger partial charge in [0.2, 0.25) is 0 Å². The van der Waals surface area contributed by atoms with Crippen molar-refractivity contribution in [1.29, 1.82) is 0 Å². The maximum atomic E-state index is 11.3. The van der Waals surface area contributed by atoms with Crippen molar-refractivity contribution in [3.05, 3.63) is 47.3 Å². The van der Waals surface area contributed by atoms with Gasteiger partial charge in [0.25, 0.3) is 0 Å². The minimum absolute atomic E-state index is 0.00265. The predicted molar refractivity (Wildman–Crippen MR) is 87.1 cm³/mol. The Hall–Kier alpha value is -2.79. The Labute approximate surface area is 128 Å². The second-order valence-corrected chi connectivity index (χ2v) is 5.98. The summed E-state index contributed by atoms with van der Waals surface area (Å²) in [7, 11) is 0. The van der Waals surface area contributed by atoms with E-state index in [-0.39, 0.29) is 22.4 Å². The first-order valence-electron chi connectivity index (χ1n) is 6.59. The van der Waals surface area contributed by atoms with E-state index in [9.17, 15) is 20.1 Å². The monoisotopic (exact) mass is 310 g/mol. The molecule has 3 N–H and O–H groups in total. The normalized spacial score (nSPS) is 11.5. The Bertz CT molecular complexity index is 1080. The van der Waals surface area contributed by atoms with Crippen LogP contribution in [0.1, 0.15) is 10.4 Å². The van der Waals surface area contributed by atoms with Crippen LogP contribution in [0.3, 0.4) is 0 Å². The predicted octanol–water partition coefficient (Wildman–Crippen LogP) is 4.32. The summed E-state index contributed by atoms with van der Waals surface area (Å²) < 4.78 is 0.387. The molecule has 0 unspecified atom stereocenters. The van der Waals surface area contributed by atoms with Gasteiger partial charge >= 0.3 is 5.97 Å². The van der Waals surface area contributed by atoms with Gasteiger partial charge in [-0.1, -0.05) is 24.3 Å². The third-order valence-corrected chi connectivity index (χ3v) is 4.86. The highest BCUT2D eigenvalue weighted by Crippen LogP contribution is 2.46. The molecule has 0 atom stereocenters. The van der Waals surface area contributed by atoms with Crippen LogP contribution in [0.2, 0.25) is 0 Å². The number of aromatic hydroxyl groups is 2. The average Bonchev–Trinajstić information content (AvgIpc) is 2.97. The zero-order valence-electron chi connectivity index (χ0n) is 11.2. The lowest BCUT2D eigenvalue weighted by molar-refractivity contribution is 0.0699. The smallest absolute Gasteiger partial charge is 0.337 e. The van der Waals surface area contributed by atoms with Crippen LogP contribution in [0.25, 0.3) is 31.6 Å². The number of thiophene rings is 1. The van der Waals surface area contributed by atoms with Crippen LogP contribution in [0.15, 0.2) is 41.8 Å². The van der Waals surface area contributed by atoms with Gasteiger partial charge in [0.05, 0.1) is 15.6 Å². The van der Waals surface area contributed by atoms with E-state index >= 15 is 0 Å². The zero-order chi connectivity index (χ0) is 15.4. The molecule has 0 aliphatic heterocycles. The van der Waals surface area contributed by atoms with Gasteiger partial charge in [-0.05, 0) is 22.9 Å². The molecular weight excluding hydrogens is 300 g/mol. The Kier molecular flexibility index (Phi) is 2.55. The summed E-state index contributed by atoms with van der Waals surface area (Å²) in [5.74, 6) is -1.22. The van der Waals surface area contributed by atoms with E-state index in [1.54, 1.807) is 12.1 Å². The summed E-state index contributed by atoms with van der Waals surface area (Å²) in [5, 5.41) is 34.7. The fourth-order valence-corrected chi connectivity index (χ4v) is 3.81. The van der Waals surface area contributed by atoms with E-state index in [2.05, 4.69) is 0 Å². The summed E-state index contributed by atoms with van der Waals surface area (Å²) in [4.78, 5) is 11.3. The zero-order valence-corrected chi connectivity index (χ0v) is 12.0. The third-order valence-electron chi connectivity index (χ3n) is 3.87. The van der Waals surface area contributed by atoms with Gasteiger partial charge < -0.3 is 15.3 Å². The third kappa shape index (κ3) is 1.60. The van der Waals surface area contributed by atoms with Gasteiger partial charge in [-0.3, -0.25) is 0 Å². The molecule has 0 aliphatic rings. The summed E-state index contributed by atoms with van der Waals surface area (Å²) in [6.07, 6.45) is 0. The van der Waals surface area contributed by atoms with Crippen LogP contribution in [0, 0.1) is 0 Å². The fraction of sp³-hybridized carbons (Fsp3) is 0. The lowest BCUT2D eigenvalue weighted by Gasteiger charge is -2.09. The number of phenols is 2. The number of hydrogen-bond acceptors (Lipinski definition) is 4. The standard InChI is InChI=1S/C17H10O4S/c18-14-10-5-8-3-1-2-4-9(8)6-11(10)15(19)16-13(14)12(7-22-16)17(20)21/h1-7,18-19H,(H,20,21). The molecule has 5 heteroatoms. The van der Waals surface area contributed by atoms with Gasteiger partial charge in [0.1, 0.15) is 11.5 Å². The van der Waals surface area contributed by atoms with Crippen LogP contribution in [-0.2, 0) is 0 Å². The molecule has 22 heavy (non-hydrogen) atoms. The second kappa shape index (κ2) is 4.35. The minimum Gasteiger partial charge on any atom is -0.507 e. The highest BCUT2D eigenvalue weighted by molar-refractivity contribution is 7.18. The van der Waals surface area contributed by atoms with Crippen molar-refractivity contribution in [2.24, 2.45) is 0 Å². The molecule has 0 aliphatic carbocycles. The van der Waals surface area contributed by atoms with Crippen molar-refractivity contribution in [2.75, 3.05) is 0 Å². The second-order valence-electron chi connectivity index (χ2n) is 5.10. The number of aromatic carboxylic acids is 1. The van der Waals surface area contributed by atoms with Crippen LogP contribution >= 0.6 is 11.3 Å². The fourth-order valence-electron chi connectivity index (χ4n) is 2.81. The molecule has 4 aromatic rings. The van der Waals surface area contributed by atoms with E-state index in [1.165, 1.54) is 5.38 Å². The highest BCUT2D eigenvalue weighted by atomic mass is 32.1. The van der Waals surface area contributed by atoms with Crippen LogP contribution in [-0.4, -0.2) is 21.3 Å². The van der Waals surface area contributed by atoms with Crippen molar-refractivity contribution in [3.8, 4) is 11.5 Å². The van der Waals surface area contributed by atoms with Gasteiger partial charge in [-0.25, -0.2) is 4.79 Å². The Morgan fingerprint density at radius 1 is 0.955 bits per heavy atom. The Balaban J connectivity index is 2.27. The molecule has 4 nitrogen and oxygen atoms in total. The molecule has 0 radical (unpaired) electrons. The summed E-state index contributed by atoms with van der Waals surface area (Å²) >= 11 is 1.11. The quantitative estimate of drug-likeness (QED) is 0.361.